The molecule has 1 atom stereocenters. The Balaban J connectivity index is 2.02. The van der Waals surface area contributed by atoms with Crippen molar-refractivity contribution in [1.82, 2.24) is 0 Å². The van der Waals surface area contributed by atoms with Crippen LogP contribution in [0.5, 0.6) is 0 Å². The van der Waals surface area contributed by atoms with E-state index in [0.29, 0.717) is 5.69 Å². The minimum absolute atomic E-state index is 0.129. The average molecular weight is 376 g/mol. The number of primary amides is 2. The molecule has 1 aromatic carbocycles. The molecule has 2 aromatic rings. The van der Waals surface area contributed by atoms with E-state index in [0.717, 1.165) is 11.3 Å². The summed E-state index contributed by atoms with van der Waals surface area (Å²) in [5.74, 6) is -2.05. The van der Waals surface area contributed by atoms with Gasteiger partial charge in [-0.3, -0.25) is 9.59 Å². The van der Waals surface area contributed by atoms with Gasteiger partial charge in [0.25, 0.3) is 11.8 Å². The van der Waals surface area contributed by atoms with Crippen LogP contribution in [0.15, 0.2) is 35.7 Å². The molecule has 0 unspecified atom stereocenters. The highest BCUT2D eigenvalue weighted by atomic mass is 32.1. The third-order valence-corrected chi connectivity index (χ3v) is 4.02. The number of hydrogen-bond acceptors (Lipinski definition) is 6. The van der Waals surface area contributed by atoms with Crippen molar-refractivity contribution in [1.29, 1.82) is 0 Å². The maximum atomic E-state index is 12.2. The number of esters is 1. The molecule has 136 valence electrons. The van der Waals surface area contributed by atoms with Crippen LogP contribution in [0.1, 0.15) is 27.6 Å². The first-order valence-electron chi connectivity index (χ1n) is 7.33. The molecule has 0 fully saturated rings. The third-order valence-electron chi connectivity index (χ3n) is 3.19. The van der Waals surface area contributed by atoms with Crippen molar-refractivity contribution in [3.05, 3.63) is 46.8 Å². The number of rotatable bonds is 6. The van der Waals surface area contributed by atoms with E-state index in [4.69, 9.17) is 16.2 Å². The monoisotopic (exact) mass is 376 g/mol. The second-order valence-corrected chi connectivity index (χ2v) is 6.05. The fraction of sp³-hybridized carbons (Fsp3) is 0.125. The van der Waals surface area contributed by atoms with E-state index in [1.807, 2.05) is 0 Å². The van der Waals surface area contributed by atoms with Crippen LogP contribution in [0.3, 0.4) is 0 Å². The van der Waals surface area contributed by atoms with E-state index in [2.05, 4.69) is 10.6 Å². The Kier molecular flexibility index (Phi) is 5.91. The lowest BCUT2D eigenvalue weighted by molar-refractivity contribution is -0.123. The summed E-state index contributed by atoms with van der Waals surface area (Å²) >= 11 is 1.12. The van der Waals surface area contributed by atoms with Gasteiger partial charge < -0.3 is 26.8 Å². The molecular formula is C16H16N4O5S. The second kappa shape index (κ2) is 8.12. The van der Waals surface area contributed by atoms with Gasteiger partial charge in [-0.2, -0.15) is 0 Å². The zero-order chi connectivity index (χ0) is 19.3. The first kappa shape index (κ1) is 18.9. The number of thiophene rings is 1. The van der Waals surface area contributed by atoms with E-state index < -0.39 is 29.9 Å². The Hall–Kier alpha value is -3.40. The van der Waals surface area contributed by atoms with Gasteiger partial charge in [-0.25, -0.2) is 9.59 Å². The normalized spacial score (nSPS) is 11.3. The van der Waals surface area contributed by atoms with Crippen molar-refractivity contribution in [2.75, 3.05) is 10.6 Å². The molecule has 4 amide bonds. The van der Waals surface area contributed by atoms with Crippen LogP contribution in [0.25, 0.3) is 0 Å². The zero-order valence-corrected chi connectivity index (χ0v) is 14.5. The molecule has 0 saturated heterocycles. The number of hydrogen-bond donors (Lipinski definition) is 4. The van der Waals surface area contributed by atoms with Gasteiger partial charge in [-0.15, -0.1) is 11.3 Å². The molecule has 26 heavy (non-hydrogen) atoms. The summed E-state index contributed by atoms with van der Waals surface area (Å²) in [6.45, 7) is 1.39. The van der Waals surface area contributed by atoms with Crippen LogP contribution in [0.4, 0.5) is 15.5 Å². The fourth-order valence-electron chi connectivity index (χ4n) is 1.96. The van der Waals surface area contributed by atoms with Crippen LogP contribution in [-0.4, -0.2) is 29.9 Å². The Morgan fingerprint density at radius 1 is 1.12 bits per heavy atom. The van der Waals surface area contributed by atoms with Crippen molar-refractivity contribution in [3.63, 3.8) is 0 Å². The Bertz CT molecular complexity index is 864. The predicted molar refractivity (Wildman–Crippen MR) is 96.0 cm³/mol. The number of nitrogens with two attached hydrogens (primary N) is 2. The van der Waals surface area contributed by atoms with Crippen LogP contribution >= 0.6 is 11.3 Å². The molecule has 0 aliphatic carbocycles. The van der Waals surface area contributed by atoms with E-state index in [1.165, 1.54) is 31.2 Å². The predicted octanol–water partition coefficient (Wildman–Crippen LogP) is 1.52. The number of carbonyl (C=O) groups is 4. The minimum Gasteiger partial charge on any atom is -0.449 e. The summed E-state index contributed by atoms with van der Waals surface area (Å²) in [6.07, 6.45) is -1.13. The van der Waals surface area contributed by atoms with Crippen molar-refractivity contribution < 1.29 is 23.9 Å². The Morgan fingerprint density at radius 3 is 2.50 bits per heavy atom. The summed E-state index contributed by atoms with van der Waals surface area (Å²) in [6, 6.07) is 6.60. The number of amides is 4. The van der Waals surface area contributed by atoms with E-state index in [9.17, 15) is 19.2 Å². The standard InChI is InChI=1S/C16H16N4O5S/c1-8(13(22)20-14-11(12(17)21)5-6-26-14)25-15(23)9-3-2-4-10(7-9)19-16(18)24/h2-8H,1H3,(H2,17,21)(H,20,22)(H3,18,19,24)/t8-/m1/s1. The van der Waals surface area contributed by atoms with Crippen molar-refractivity contribution in [3.8, 4) is 0 Å². The first-order valence-corrected chi connectivity index (χ1v) is 8.21. The number of benzene rings is 1. The van der Waals surface area contributed by atoms with Crippen LogP contribution < -0.4 is 22.1 Å². The third kappa shape index (κ3) is 4.80. The molecule has 0 aliphatic heterocycles. The van der Waals surface area contributed by atoms with E-state index in [-0.39, 0.29) is 16.1 Å². The molecule has 9 nitrogen and oxygen atoms in total. The topological polar surface area (TPSA) is 154 Å². The lowest BCUT2D eigenvalue weighted by atomic mass is 10.2. The number of carbonyl (C=O) groups excluding carboxylic acids is 4. The lowest BCUT2D eigenvalue weighted by Gasteiger charge is -2.13. The van der Waals surface area contributed by atoms with Gasteiger partial charge in [0.05, 0.1) is 11.1 Å². The highest BCUT2D eigenvalue weighted by Crippen LogP contribution is 2.23. The molecule has 1 heterocycles. The van der Waals surface area contributed by atoms with Crippen molar-refractivity contribution in [2.45, 2.75) is 13.0 Å². The fourth-order valence-corrected chi connectivity index (χ4v) is 2.76. The highest BCUT2D eigenvalue weighted by molar-refractivity contribution is 7.14. The molecule has 0 saturated carbocycles. The molecule has 1 aromatic heterocycles. The lowest BCUT2D eigenvalue weighted by Crippen LogP contribution is -2.30. The number of urea groups is 1. The quantitative estimate of drug-likeness (QED) is 0.563. The first-order chi connectivity index (χ1) is 12.3. The van der Waals surface area contributed by atoms with Crippen LogP contribution in [0, 0.1) is 0 Å². The molecular weight excluding hydrogens is 360 g/mol. The smallest absolute Gasteiger partial charge is 0.338 e. The van der Waals surface area contributed by atoms with Crippen LogP contribution in [0.2, 0.25) is 0 Å². The number of ether oxygens (including phenoxy) is 1. The SMILES string of the molecule is C[C@@H](OC(=O)c1cccc(NC(N)=O)c1)C(=O)Nc1sccc1C(N)=O. The van der Waals surface area contributed by atoms with Gasteiger partial charge in [0.15, 0.2) is 6.10 Å². The molecule has 0 bridgehead atoms. The van der Waals surface area contributed by atoms with Gasteiger partial charge in [0, 0.05) is 5.69 Å². The Labute approximate surface area is 152 Å². The largest absolute Gasteiger partial charge is 0.449 e. The maximum Gasteiger partial charge on any atom is 0.338 e. The minimum atomic E-state index is -1.13. The molecule has 0 aliphatic rings. The summed E-state index contributed by atoms with van der Waals surface area (Å²) in [7, 11) is 0. The molecule has 6 N–H and O–H groups in total. The van der Waals surface area contributed by atoms with Gasteiger partial charge >= 0.3 is 12.0 Å². The van der Waals surface area contributed by atoms with Crippen molar-refractivity contribution >= 4 is 45.8 Å². The highest BCUT2D eigenvalue weighted by Gasteiger charge is 2.21. The zero-order valence-electron chi connectivity index (χ0n) is 13.6. The summed E-state index contributed by atoms with van der Waals surface area (Å²) in [5.41, 5.74) is 10.8. The average Bonchev–Trinajstić information content (AvgIpc) is 3.02. The van der Waals surface area contributed by atoms with Gasteiger partial charge in [-0.1, -0.05) is 6.07 Å². The van der Waals surface area contributed by atoms with Crippen molar-refractivity contribution in [2.24, 2.45) is 11.5 Å². The van der Waals surface area contributed by atoms with Crippen LogP contribution in [-0.2, 0) is 9.53 Å². The summed E-state index contributed by atoms with van der Waals surface area (Å²) in [5, 5.41) is 6.70. The van der Waals surface area contributed by atoms with E-state index >= 15 is 0 Å². The molecule has 0 radical (unpaired) electrons. The Morgan fingerprint density at radius 2 is 1.85 bits per heavy atom. The van der Waals surface area contributed by atoms with Gasteiger partial charge in [0.2, 0.25) is 0 Å². The summed E-state index contributed by atoms with van der Waals surface area (Å²) in [4.78, 5) is 46.4. The molecule has 2 rings (SSSR count). The molecule has 10 heteroatoms. The van der Waals surface area contributed by atoms with Gasteiger partial charge in [0.1, 0.15) is 5.00 Å². The maximum absolute atomic E-state index is 12.2. The van der Waals surface area contributed by atoms with E-state index in [1.54, 1.807) is 11.4 Å². The number of nitrogens with one attached hydrogen (secondary N) is 2. The second-order valence-electron chi connectivity index (χ2n) is 5.13. The van der Waals surface area contributed by atoms with Gasteiger partial charge in [-0.05, 0) is 36.6 Å². The molecule has 0 spiro atoms. The summed E-state index contributed by atoms with van der Waals surface area (Å²) < 4.78 is 5.10. The number of anilines is 2.